The lowest BCUT2D eigenvalue weighted by atomic mass is 10.1. The first-order valence-corrected chi connectivity index (χ1v) is 7.05. The number of carbonyl (C=O) groups is 2. The van der Waals surface area contributed by atoms with Crippen molar-refractivity contribution in [2.24, 2.45) is 11.8 Å². The van der Waals surface area contributed by atoms with Gasteiger partial charge in [0.15, 0.2) is 0 Å². The summed E-state index contributed by atoms with van der Waals surface area (Å²) < 4.78 is 0. The maximum atomic E-state index is 12.4. The highest BCUT2D eigenvalue weighted by molar-refractivity contribution is 5.89. The molecule has 1 saturated heterocycles. The van der Waals surface area contributed by atoms with Gasteiger partial charge in [0.05, 0.1) is 12.5 Å². The number of aliphatic hydroxyl groups excluding tert-OH is 1. The summed E-state index contributed by atoms with van der Waals surface area (Å²) in [6.45, 7) is 9.51. The highest BCUT2D eigenvalue weighted by atomic mass is 16.3. The lowest BCUT2D eigenvalue weighted by Gasteiger charge is -2.28. The first-order chi connectivity index (χ1) is 8.86. The molecule has 1 unspecified atom stereocenters. The Kier molecular flexibility index (Phi) is 5.79. The summed E-state index contributed by atoms with van der Waals surface area (Å²) in [6, 6.07) is 0.0499. The minimum atomic E-state index is -0.250. The Morgan fingerprint density at radius 2 is 2.05 bits per heavy atom. The molecule has 0 aromatic rings. The van der Waals surface area contributed by atoms with E-state index in [1.54, 1.807) is 9.80 Å². The molecule has 0 aliphatic carbocycles. The average molecular weight is 270 g/mol. The van der Waals surface area contributed by atoms with Gasteiger partial charge in [0, 0.05) is 32.1 Å². The van der Waals surface area contributed by atoms with E-state index in [9.17, 15) is 9.59 Å². The van der Waals surface area contributed by atoms with Gasteiger partial charge in [0.1, 0.15) is 0 Å². The van der Waals surface area contributed by atoms with Crippen molar-refractivity contribution in [2.75, 3.05) is 26.2 Å². The molecule has 1 fully saturated rings. The Bertz CT molecular complexity index is 329. The lowest BCUT2D eigenvalue weighted by Crippen LogP contribution is -2.43. The zero-order valence-electron chi connectivity index (χ0n) is 12.4. The topological polar surface area (TPSA) is 60.9 Å². The predicted molar refractivity (Wildman–Crippen MR) is 73.5 cm³/mol. The number of amides is 2. The summed E-state index contributed by atoms with van der Waals surface area (Å²) in [5, 5.41) is 9.03. The number of rotatable bonds is 6. The SMILES string of the molecule is CC(C)CN1CC(C(=O)N(CCO)C(C)C)CC1=O. The zero-order valence-corrected chi connectivity index (χ0v) is 12.4. The molecule has 110 valence electrons. The van der Waals surface area contributed by atoms with Crippen LogP contribution in [0.5, 0.6) is 0 Å². The monoisotopic (exact) mass is 270 g/mol. The molecule has 19 heavy (non-hydrogen) atoms. The van der Waals surface area contributed by atoms with Gasteiger partial charge in [0.2, 0.25) is 11.8 Å². The number of hydrogen-bond acceptors (Lipinski definition) is 3. The highest BCUT2D eigenvalue weighted by Crippen LogP contribution is 2.22. The standard InChI is InChI=1S/C14H26N2O3/c1-10(2)8-15-9-12(7-13(15)18)14(19)16(5-6-17)11(3)4/h10-12,17H,5-9H2,1-4H3. The Morgan fingerprint density at radius 1 is 1.42 bits per heavy atom. The Hall–Kier alpha value is -1.10. The fraction of sp³-hybridized carbons (Fsp3) is 0.857. The molecule has 5 heteroatoms. The zero-order chi connectivity index (χ0) is 14.6. The van der Waals surface area contributed by atoms with E-state index in [4.69, 9.17) is 5.11 Å². The van der Waals surface area contributed by atoms with Crippen LogP contribution in [-0.4, -0.2) is 59.0 Å². The van der Waals surface area contributed by atoms with Crippen molar-refractivity contribution < 1.29 is 14.7 Å². The van der Waals surface area contributed by atoms with Crippen LogP contribution in [0.1, 0.15) is 34.1 Å². The molecule has 1 atom stereocenters. The maximum absolute atomic E-state index is 12.4. The summed E-state index contributed by atoms with van der Waals surface area (Å²) in [5.74, 6) is 0.222. The van der Waals surface area contributed by atoms with E-state index >= 15 is 0 Å². The van der Waals surface area contributed by atoms with Crippen molar-refractivity contribution in [3.63, 3.8) is 0 Å². The largest absolute Gasteiger partial charge is 0.395 e. The number of carbonyl (C=O) groups excluding carboxylic acids is 2. The van der Waals surface area contributed by atoms with E-state index in [0.717, 1.165) is 0 Å². The van der Waals surface area contributed by atoms with E-state index in [0.29, 0.717) is 32.0 Å². The molecule has 0 spiro atoms. The molecular weight excluding hydrogens is 244 g/mol. The maximum Gasteiger partial charge on any atom is 0.228 e. The number of nitrogens with zero attached hydrogens (tertiary/aromatic N) is 2. The molecule has 1 aliphatic rings. The van der Waals surface area contributed by atoms with E-state index in [1.165, 1.54) is 0 Å². The molecule has 0 saturated carbocycles. The molecule has 0 radical (unpaired) electrons. The summed E-state index contributed by atoms with van der Waals surface area (Å²) in [5.41, 5.74) is 0. The van der Waals surface area contributed by atoms with Gasteiger partial charge in [0.25, 0.3) is 0 Å². The van der Waals surface area contributed by atoms with Crippen LogP contribution in [-0.2, 0) is 9.59 Å². The van der Waals surface area contributed by atoms with Crippen molar-refractivity contribution in [1.82, 2.24) is 9.80 Å². The predicted octanol–water partition coefficient (Wildman–Crippen LogP) is 0.720. The molecule has 1 aliphatic heterocycles. The smallest absolute Gasteiger partial charge is 0.228 e. The highest BCUT2D eigenvalue weighted by Gasteiger charge is 2.36. The van der Waals surface area contributed by atoms with Crippen LogP contribution in [0.3, 0.4) is 0 Å². The van der Waals surface area contributed by atoms with Crippen LogP contribution in [0.15, 0.2) is 0 Å². The molecule has 0 bridgehead atoms. The lowest BCUT2D eigenvalue weighted by molar-refractivity contribution is -0.138. The molecule has 0 aromatic carbocycles. The minimum Gasteiger partial charge on any atom is -0.395 e. The van der Waals surface area contributed by atoms with E-state index in [2.05, 4.69) is 13.8 Å². The fourth-order valence-electron chi connectivity index (χ4n) is 2.52. The number of hydrogen-bond donors (Lipinski definition) is 1. The van der Waals surface area contributed by atoms with Crippen molar-refractivity contribution >= 4 is 11.8 Å². The first kappa shape index (κ1) is 16.0. The van der Waals surface area contributed by atoms with Crippen LogP contribution in [0.2, 0.25) is 0 Å². The Labute approximate surface area is 115 Å². The average Bonchev–Trinajstić information content (AvgIpc) is 2.66. The second kappa shape index (κ2) is 6.89. The molecule has 5 nitrogen and oxygen atoms in total. The summed E-state index contributed by atoms with van der Waals surface area (Å²) >= 11 is 0. The van der Waals surface area contributed by atoms with Crippen LogP contribution >= 0.6 is 0 Å². The van der Waals surface area contributed by atoms with E-state index in [1.807, 2.05) is 13.8 Å². The van der Waals surface area contributed by atoms with E-state index in [-0.39, 0.29) is 30.4 Å². The van der Waals surface area contributed by atoms with E-state index < -0.39 is 0 Å². The van der Waals surface area contributed by atoms with Gasteiger partial charge >= 0.3 is 0 Å². The minimum absolute atomic E-state index is 0.0105. The normalized spacial score (nSPS) is 19.6. The quantitative estimate of drug-likeness (QED) is 0.773. The van der Waals surface area contributed by atoms with Crippen LogP contribution < -0.4 is 0 Å². The van der Waals surface area contributed by atoms with Crippen LogP contribution in [0.4, 0.5) is 0 Å². The first-order valence-electron chi connectivity index (χ1n) is 7.05. The second-order valence-electron chi connectivity index (χ2n) is 5.94. The van der Waals surface area contributed by atoms with Crippen molar-refractivity contribution in [1.29, 1.82) is 0 Å². The Morgan fingerprint density at radius 3 is 2.53 bits per heavy atom. The molecule has 1 rings (SSSR count). The third kappa shape index (κ3) is 4.20. The third-order valence-electron chi connectivity index (χ3n) is 3.40. The Balaban J connectivity index is 2.66. The number of aliphatic hydroxyl groups is 1. The van der Waals surface area contributed by atoms with Gasteiger partial charge < -0.3 is 14.9 Å². The van der Waals surface area contributed by atoms with Crippen molar-refractivity contribution in [2.45, 2.75) is 40.2 Å². The second-order valence-corrected chi connectivity index (χ2v) is 5.94. The third-order valence-corrected chi connectivity index (χ3v) is 3.40. The van der Waals surface area contributed by atoms with Gasteiger partial charge in [-0.05, 0) is 19.8 Å². The van der Waals surface area contributed by atoms with Gasteiger partial charge in [-0.25, -0.2) is 0 Å². The number of likely N-dealkylation sites (tertiary alicyclic amines) is 1. The van der Waals surface area contributed by atoms with Crippen LogP contribution in [0.25, 0.3) is 0 Å². The van der Waals surface area contributed by atoms with Gasteiger partial charge in [-0.3, -0.25) is 9.59 Å². The van der Waals surface area contributed by atoms with Gasteiger partial charge in [-0.1, -0.05) is 13.8 Å². The molecule has 1 heterocycles. The van der Waals surface area contributed by atoms with Crippen molar-refractivity contribution in [3.05, 3.63) is 0 Å². The summed E-state index contributed by atoms with van der Waals surface area (Å²) in [7, 11) is 0. The molecule has 1 N–H and O–H groups in total. The van der Waals surface area contributed by atoms with Gasteiger partial charge in [-0.15, -0.1) is 0 Å². The van der Waals surface area contributed by atoms with Gasteiger partial charge in [-0.2, -0.15) is 0 Å². The molecule has 0 aromatic heterocycles. The summed E-state index contributed by atoms with van der Waals surface area (Å²) in [4.78, 5) is 27.7. The summed E-state index contributed by atoms with van der Waals surface area (Å²) in [6.07, 6.45) is 0.306. The fourth-order valence-corrected chi connectivity index (χ4v) is 2.52. The molecule has 2 amide bonds. The van der Waals surface area contributed by atoms with Crippen molar-refractivity contribution in [3.8, 4) is 0 Å². The van der Waals surface area contributed by atoms with Crippen LogP contribution in [0, 0.1) is 11.8 Å². The molecular formula is C14H26N2O3.